The van der Waals surface area contributed by atoms with Crippen molar-refractivity contribution in [2.24, 2.45) is 0 Å². The smallest absolute Gasteiger partial charge is 0.227 e. The van der Waals surface area contributed by atoms with Gasteiger partial charge in [0.05, 0.1) is 36.9 Å². The van der Waals surface area contributed by atoms with Crippen LogP contribution in [0.3, 0.4) is 0 Å². The summed E-state index contributed by atoms with van der Waals surface area (Å²) in [4.78, 5) is 14.6. The molecule has 104 valence electrons. The van der Waals surface area contributed by atoms with Crippen LogP contribution in [0.4, 0.5) is 0 Å². The minimum absolute atomic E-state index is 0.0229. The number of fused-ring (bicyclic) bond motifs is 1. The van der Waals surface area contributed by atoms with Gasteiger partial charge in [-0.15, -0.1) is 0 Å². The number of rotatable bonds is 2. The molecule has 1 saturated heterocycles. The van der Waals surface area contributed by atoms with Crippen molar-refractivity contribution in [2.45, 2.75) is 24.8 Å². The highest BCUT2D eigenvalue weighted by atomic mass is 16.5. The normalized spacial score (nSPS) is 20.5. The summed E-state index contributed by atoms with van der Waals surface area (Å²) in [5, 5.41) is 7.99. The van der Waals surface area contributed by atoms with Gasteiger partial charge in [0.15, 0.2) is 0 Å². The summed E-state index contributed by atoms with van der Waals surface area (Å²) in [5.74, 6) is 0.216. The van der Waals surface area contributed by atoms with E-state index < -0.39 is 0 Å². The topological polar surface area (TPSA) is 58.2 Å². The van der Waals surface area contributed by atoms with Crippen molar-refractivity contribution in [2.75, 3.05) is 19.8 Å². The second kappa shape index (κ2) is 4.31. The number of hydrogen-bond acceptors (Lipinski definition) is 3. The van der Waals surface area contributed by atoms with Gasteiger partial charge < -0.3 is 9.64 Å². The van der Waals surface area contributed by atoms with Gasteiger partial charge in [-0.25, -0.2) is 0 Å². The zero-order chi connectivity index (χ0) is 13.6. The first kappa shape index (κ1) is 11.9. The number of morpholine rings is 1. The Morgan fingerprint density at radius 2 is 2.35 bits per heavy atom. The second-order valence-corrected chi connectivity index (χ2v) is 5.79. The Balaban J connectivity index is 1.54. The van der Waals surface area contributed by atoms with Crippen LogP contribution in [-0.4, -0.2) is 46.3 Å². The third-order valence-corrected chi connectivity index (χ3v) is 4.39. The van der Waals surface area contributed by atoms with Crippen molar-refractivity contribution < 1.29 is 9.53 Å². The molecule has 0 bridgehead atoms. The van der Waals surface area contributed by atoms with E-state index >= 15 is 0 Å². The minimum atomic E-state index is 0.0229. The van der Waals surface area contributed by atoms with E-state index in [9.17, 15) is 4.79 Å². The minimum Gasteiger partial charge on any atom is -0.377 e. The van der Waals surface area contributed by atoms with E-state index in [1.165, 1.54) is 0 Å². The predicted molar refractivity (Wildman–Crippen MR) is 74.3 cm³/mol. The molecule has 1 aliphatic carbocycles. The Morgan fingerprint density at radius 1 is 1.45 bits per heavy atom. The number of ether oxygens (including phenoxy) is 1. The first-order valence-electron chi connectivity index (χ1n) is 7.07. The molecule has 1 aliphatic heterocycles. The van der Waals surface area contributed by atoms with E-state index in [0.29, 0.717) is 19.6 Å². The number of benzene rings is 1. The second-order valence-electron chi connectivity index (χ2n) is 5.79. The molecular formula is C15H17N3O2. The van der Waals surface area contributed by atoms with E-state index in [0.717, 1.165) is 35.9 Å². The standard InChI is InChI=1S/C15H17N3O2/c19-14(18-5-6-20-10-15(18)3-4-15)8-11-1-2-13-12(7-11)9-16-17-13/h1-2,7,9H,3-6,8,10H2,(H,16,17). The Bertz CT molecular complexity index is 660. The number of hydrogen-bond donors (Lipinski definition) is 1. The maximum Gasteiger partial charge on any atom is 0.227 e. The van der Waals surface area contributed by atoms with E-state index in [-0.39, 0.29) is 11.4 Å². The molecule has 2 aromatic rings. The SMILES string of the molecule is O=C(Cc1ccc2[nH]ncc2c1)N1CCOCC12CC2. The van der Waals surface area contributed by atoms with Crippen LogP contribution in [0.15, 0.2) is 24.4 Å². The van der Waals surface area contributed by atoms with Crippen molar-refractivity contribution in [3.05, 3.63) is 30.0 Å². The molecule has 1 N–H and O–H groups in total. The molecule has 1 saturated carbocycles. The number of nitrogens with zero attached hydrogens (tertiary/aromatic N) is 2. The van der Waals surface area contributed by atoms with Gasteiger partial charge in [0, 0.05) is 11.9 Å². The molecular weight excluding hydrogens is 254 g/mol. The molecule has 5 heteroatoms. The molecule has 0 radical (unpaired) electrons. The first-order valence-corrected chi connectivity index (χ1v) is 7.07. The van der Waals surface area contributed by atoms with Gasteiger partial charge in [0.1, 0.15) is 0 Å². The fourth-order valence-corrected chi connectivity index (χ4v) is 3.05. The molecule has 1 aromatic heterocycles. The molecule has 2 aliphatic rings. The molecule has 0 unspecified atom stereocenters. The number of carbonyl (C=O) groups is 1. The predicted octanol–water partition coefficient (Wildman–Crippen LogP) is 1.50. The summed E-state index contributed by atoms with van der Waals surface area (Å²) >= 11 is 0. The average Bonchev–Trinajstić information content (AvgIpc) is 3.05. The van der Waals surface area contributed by atoms with Crippen LogP contribution in [0.25, 0.3) is 10.9 Å². The lowest BCUT2D eigenvalue weighted by molar-refractivity contribution is -0.140. The fraction of sp³-hybridized carbons (Fsp3) is 0.467. The molecule has 0 atom stereocenters. The van der Waals surface area contributed by atoms with Crippen molar-refractivity contribution in [3.8, 4) is 0 Å². The summed E-state index contributed by atoms with van der Waals surface area (Å²) in [5.41, 5.74) is 2.08. The van der Waals surface area contributed by atoms with Crippen molar-refractivity contribution in [1.29, 1.82) is 0 Å². The van der Waals surface area contributed by atoms with Crippen LogP contribution in [0, 0.1) is 0 Å². The summed E-state index contributed by atoms with van der Waals surface area (Å²) in [6.45, 7) is 2.10. The lowest BCUT2D eigenvalue weighted by Gasteiger charge is -2.36. The molecule has 20 heavy (non-hydrogen) atoms. The molecule has 2 heterocycles. The fourth-order valence-electron chi connectivity index (χ4n) is 3.05. The number of carbonyl (C=O) groups excluding carboxylic acids is 1. The monoisotopic (exact) mass is 271 g/mol. The molecule has 5 nitrogen and oxygen atoms in total. The summed E-state index contributed by atoms with van der Waals surface area (Å²) < 4.78 is 5.52. The van der Waals surface area contributed by atoms with Crippen LogP contribution in [0.5, 0.6) is 0 Å². The average molecular weight is 271 g/mol. The number of nitrogens with one attached hydrogen (secondary N) is 1. The number of aromatic nitrogens is 2. The maximum absolute atomic E-state index is 12.5. The zero-order valence-corrected chi connectivity index (χ0v) is 11.3. The molecule has 4 rings (SSSR count). The van der Waals surface area contributed by atoms with Gasteiger partial charge in [0.2, 0.25) is 5.91 Å². The first-order chi connectivity index (χ1) is 9.77. The molecule has 1 amide bonds. The van der Waals surface area contributed by atoms with Crippen LogP contribution in [0.1, 0.15) is 18.4 Å². The third kappa shape index (κ3) is 1.89. The van der Waals surface area contributed by atoms with Crippen LogP contribution in [-0.2, 0) is 16.0 Å². The van der Waals surface area contributed by atoms with Gasteiger partial charge in [-0.3, -0.25) is 9.89 Å². The Morgan fingerprint density at radius 3 is 3.20 bits per heavy atom. The summed E-state index contributed by atoms with van der Waals surface area (Å²) in [6.07, 6.45) is 4.42. The van der Waals surface area contributed by atoms with Gasteiger partial charge in [-0.05, 0) is 30.5 Å². The molecule has 1 spiro atoms. The van der Waals surface area contributed by atoms with Crippen LogP contribution < -0.4 is 0 Å². The number of H-pyrrole nitrogens is 1. The lowest BCUT2D eigenvalue weighted by atomic mass is 10.1. The highest BCUT2D eigenvalue weighted by molar-refractivity contribution is 5.83. The van der Waals surface area contributed by atoms with Crippen molar-refractivity contribution in [1.82, 2.24) is 15.1 Å². The molecule has 1 aromatic carbocycles. The number of amides is 1. The Hall–Kier alpha value is -1.88. The van der Waals surface area contributed by atoms with Crippen LogP contribution in [0.2, 0.25) is 0 Å². The quantitative estimate of drug-likeness (QED) is 0.900. The van der Waals surface area contributed by atoms with Gasteiger partial charge in [0.25, 0.3) is 0 Å². The van der Waals surface area contributed by atoms with Gasteiger partial charge in [-0.1, -0.05) is 6.07 Å². The van der Waals surface area contributed by atoms with Gasteiger partial charge >= 0.3 is 0 Å². The van der Waals surface area contributed by atoms with E-state index in [1.54, 1.807) is 6.20 Å². The zero-order valence-electron chi connectivity index (χ0n) is 11.3. The number of aromatic amines is 1. The van der Waals surface area contributed by atoms with E-state index in [4.69, 9.17) is 4.74 Å². The Labute approximate surface area is 116 Å². The maximum atomic E-state index is 12.5. The summed E-state index contributed by atoms with van der Waals surface area (Å²) in [6, 6.07) is 6.02. The Kier molecular flexibility index (Phi) is 2.57. The van der Waals surface area contributed by atoms with Crippen molar-refractivity contribution in [3.63, 3.8) is 0 Å². The summed E-state index contributed by atoms with van der Waals surface area (Å²) in [7, 11) is 0. The van der Waals surface area contributed by atoms with E-state index in [2.05, 4.69) is 10.2 Å². The highest BCUT2D eigenvalue weighted by Crippen LogP contribution is 2.43. The third-order valence-electron chi connectivity index (χ3n) is 4.39. The highest BCUT2D eigenvalue weighted by Gasteiger charge is 2.51. The lowest BCUT2D eigenvalue weighted by Crippen LogP contribution is -2.51. The van der Waals surface area contributed by atoms with Gasteiger partial charge in [-0.2, -0.15) is 5.10 Å². The molecule has 2 fully saturated rings. The largest absolute Gasteiger partial charge is 0.377 e. The van der Waals surface area contributed by atoms with E-state index in [1.807, 2.05) is 23.1 Å². The van der Waals surface area contributed by atoms with Crippen molar-refractivity contribution >= 4 is 16.8 Å². The van der Waals surface area contributed by atoms with Crippen LogP contribution >= 0.6 is 0 Å².